The van der Waals surface area contributed by atoms with Crippen LogP contribution in [0.5, 0.6) is 0 Å². The zero-order chi connectivity index (χ0) is 12.1. The lowest BCUT2D eigenvalue weighted by Gasteiger charge is -2.06. The lowest BCUT2D eigenvalue weighted by Crippen LogP contribution is -2.31. The molecule has 90 valence electrons. The van der Waals surface area contributed by atoms with E-state index in [9.17, 15) is 4.79 Å². The van der Waals surface area contributed by atoms with Crippen molar-refractivity contribution in [1.29, 1.82) is 0 Å². The molecule has 0 bridgehead atoms. The molecule has 1 aromatic carbocycles. The van der Waals surface area contributed by atoms with E-state index in [1.165, 1.54) is 0 Å². The lowest BCUT2D eigenvalue weighted by atomic mass is 10.1. The lowest BCUT2D eigenvalue weighted by molar-refractivity contribution is 0.0955. The van der Waals surface area contributed by atoms with Crippen LogP contribution >= 0.6 is 0 Å². The Balaban J connectivity index is 2.06. The summed E-state index contributed by atoms with van der Waals surface area (Å²) >= 11 is 0. The minimum atomic E-state index is -0.0315. The summed E-state index contributed by atoms with van der Waals surface area (Å²) in [6.45, 7) is 4.40. The van der Waals surface area contributed by atoms with Gasteiger partial charge in [0.25, 0.3) is 5.91 Å². The van der Waals surface area contributed by atoms with Crippen LogP contribution in [0.4, 0.5) is 0 Å². The predicted molar refractivity (Wildman–Crippen MR) is 69.2 cm³/mol. The van der Waals surface area contributed by atoms with E-state index in [4.69, 9.17) is 0 Å². The van der Waals surface area contributed by atoms with Crippen LogP contribution in [0.15, 0.2) is 30.5 Å². The van der Waals surface area contributed by atoms with Crippen LogP contribution in [0.1, 0.15) is 17.3 Å². The normalized spacial score (nSPS) is 10.6. The van der Waals surface area contributed by atoms with Gasteiger partial charge in [-0.2, -0.15) is 0 Å². The third-order valence-electron chi connectivity index (χ3n) is 2.67. The van der Waals surface area contributed by atoms with E-state index in [0.29, 0.717) is 12.1 Å². The van der Waals surface area contributed by atoms with Crippen molar-refractivity contribution in [3.8, 4) is 0 Å². The maximum absolute atomic E-state index is 12.0. The number of fused-ring (bicyclic) bond motifs is 1. The Bertz CT molecular complexity index is 504. The Morgan fingerprint density at radius 2 is 2.18 bits per heavy atom. The average molecular weight is 231 g/mol. The summed E-state index contributed by atoms with van der Waals surface area (Å²) in [6, 6.07) is 7.68. The molecular weight excluding hydrogens is 214 g/mol. The van der Waals surface area contributed by atoms with Gasteiger partial charge in [0.2, 0.25) is 0 Å². The SMILES string of the molecule is CCNCCNC(=O)c1cccc2cc[nH]c12. The van der Waals surface area contributed by atoms with Crippen molar-refractivity contribution in [3.63, 3.8) is 0 Å². The Labute approximate surface area is 100 Å². The van der Waals surface area contributed by atoms with Crippen molar-refractivity contribution < 1.29 is 4.79 Å². The Kier molecular flexibility index (Phi) is 3.77. The van der Waals surface area contributed by atoms with Crippen LogP contribution < -0.4 is 10.6 Å². The van der Waals surface area contributed by atoms with Crippen molar-refractivity contribution in [1.82, 2.24) is 15.6 Å². The predicted octanol–water partition coefficient (Wildman–Crippen LogP) is 1.51. The van der Waals surface area contributed by atoms with Crippen LogP contribution in [0.3, 0.4) is 0 Å². The first kappa shape index (κ1) is 11.7. The molecule has 1 heterocycles. The number of hydrogen-bond donors (Lipinski definition) is 3. The minimum Gasteiger partial charge on any atom is -0.361 e. The number of rotatable bonds is 5. The van der Waals surface area contributed by atoms with Gasteiger partial charge in [-0.15, -0.1) is 0 Å². The Hall–Kier alpha value is -1.81. The second kappa shape index (κ2) is 5.50. The maximum atomic E-state index is 12.0. The van der Waals surface area contributed by atoms with Gasteiger partial charge in [-0.1, -0.05) is 19.1 Å². The molecule has 0 aliphatic carbocycles. The van der Waals surface area contributed by atoms with Crippen molar-refractivity contribution in [2.24, 2.45) is 0 Å². The molecule has 1 amide bonds. The van der Waals surface area contributed by atoms with Crippen LogP contribution in [-0.2, 0) is 0 Å². The van der Waals surface area contributed by atoms with Crippen molar-refractivity contribution in [3.05, 3.63) is 36.0 Å². The smallest absolute Gasteiger partial charge is 0.253 e. The van der Waals surface area contributed by atoms with Crippen molar-refractivity contribution >= 4 is 16.8 Å². The number of para-hydroxylation sites is 1. The quantitative estimate of drug-likeness (QED) is 0.683. The van der Waals surface area contributed by atoms with Crippen molar-refractivity contribution in [2.45, 2.75) is 6.92 Å². The number of hydrogen-bond acceptors (Lipinski definition) is 2. The molecule has 0 unspecified atom stereocenters. The van der Waals surface area contributed by atoms with Gasteiger partial charge < -0.3 is 15.6 Å². The fraction of sp³-hybridized carbons (Fsp3) is 0.308. The molecule has 1 aromatic heterocycles. The van der Waals surface area contributed by atoms with Gasteiger partial charge in [0.15, 0.2) is 0 Å². The topological polar surface area (TPSA) is 56.9 Å². The molecule has 4 nitrogen and oxygen atoms in total. The van der Waals surface area contributed by atoms with Gasteiger partial charge in [-0.05, 0) is 18.7 Å². The molecule has 0 radical (unpaired) electrons. The van der Waals surface area contributed by atoms with Gasteiger partial charge in [-0.25, -0.2) is 0 Å². The first-order chi connectivity index (χ1) is 8.33. The maximum Gasteiger partial charge on any atom is 0.253 e. The molecule has 0 fully saturated rings. The fourth-order valence-electron chi connectivity index (χ4n) is 1.81. The molecule has 17 heavy (non-hydrogen) atoms. The Morgan fingerprint density at radius 3 is 3.00 bits per heavy atom. The molecule has 0 saturated heterocycles. The van der Waals surface area contributed by atoms with Gasteiger partial charge in [0, 0.05) is 24.7 Å². The number of aromatic nitrogens is 1. The molecule has 2 aromatic rings. The number of aromatic amines is 1. The second-order valence-corrected chi connectivity index (χ2v) is 3.86. The highest BCUT2D eigenvalue weighted by Crippen LogP contribution is 2.16. The van der Waals surface area contributed by atoms with E-state index in [1.807, 2.05) is 37.4 Å². The second-order valence-electron chi connectivity index (χ2n) is 3.86. The number of H-pyrrole nitrogens is 1. The zero-order valence-electron chi connectivity index (χ0n) is 9.92. The molecule has 2 rings (SSSR count). The highest BCUT2D eigenvalue weighted by atomic mass is 16.1. The molecule has 0 spiro atoms. The van der Waals surface area contributed by atoms with Crippen LogP contribution in [0, 0.1) is 0 Å². The Morgan fingerprint density at radius 1 is 1.29 bits per heavy atom. The van der Waals surface area contributed by atoms with Gasteiger partial charge >= 0.3 is 0 Å². The summed E-state index contributed by atoms with van der Waals surface area (Å²) in [7, 11) is 0. The van der Waals surface area contributed by atoms with E-state index in [0.717, 1.165) is 24.0 Å². The highest BCUT2D eigenvalue weighted by molar-refractivity contribution is 6.05. The zero-order valence-corrected chi connectivity index (χ0v) is 9.92. The summed E-state index contributed by atoms with van der Waals surface area (Å²) < 4.78 is 0. The van der Waals surface area contributed by atoms with E-state index in [-0.39, 0.29) is 5.91 Å². The van der Waals surface area contributed by atoms with Crippen LogP contribution in [0.2, 0.25) is 0 Å². The number of amides is 1. The third-order valence-corrected chi connectivity index (χ3v) is 2.67. The first-order valence-corrected chi connectivity index (χ1v) is 5.88. The van der Waals surface area contributed by atoms with Crippen LogP contribution in [0.25, 0.3) is 10.9 Å². The standard InChI is InChI=1S/C13H17N3O/c1-2-14-8-9-16-13(17)11-5-3-4-10-6-7-15-12(10)11/h3-7,14-15H,2,8-9H2,1H3,(H,16,17). The molecule has 0 aliphatic heterocycles. The van der Waals surface area contributed by atoms with E-state index < -0.39 is 0 Å². The highest BCUT2D eigenvalue weighted by Gasteiger charge is 2.09. The monoisotopic (exact) mass is 231 g/mol. The van der Waals surface area contributed by atoms with Gasteiger partial charge in [0.05, 0.1) is 11.1 Å². The van der Waals surface area contributed by atoms with E-state index in [1.54, 1.807) is 0 Å². The summed E-state index contributed by atoms with van der Waals surface area (Å²) in [6.07, 6.45) is 1.85. The number of likely N-dealkylation sites (N-methyl/N-ethyl adjacent to an activating group) is 1. The molecule has 0 atom stereocenters. The summed E-state index contributed by atoms with van der Waals surface area (Å²) in [5, 5.41) is 7.12. The number of carbonyl (C=O) groups is 1. The summed E-state index contributed by atoms with van der Waals surface area (Å²) in [4.78, 5) is 15.1. The number of benzene rings is 1. The summed E-state index contributed by atoms with van der Waals surface area (Å²) in [5.41, 5.74) is 1.59. The fourth-order valence-corrected chi connectivity index (χ4v) is 1.81. The van der Waals surface area contributed by atoms with Crippen molar-refractivity contribution in [2.75, 3.05) is 19.6 Å². The van der Waals surface area contributed by atoms with E-state index in [2.05, 4.69) is 15.6 Å². The largest absolute Gasteiger partial charge is 0.361 e. The molecule has 0 saturated carbocycles. The minimum absolute atomic E-state index is 0.0315. The molecule has 3 N–H and O–H groups in total. The van der Waals surface area contributed by atoms with Gasteiger partial charge in [0.1, 0.15) is 0 Å². The van der Waals surface area contributed by atoms with Crippen LogP contribution in [-0.4, -0.2) is 30.5 Å². The molecule has 0 aliphatic rings. The van der Waals surface area contributed by atoms with E-state index >= 15 is 0 Å². The summed E-state index contributed by atoms with van der Waals surface area (Å²) in [5.74, 6) is -0.0315. The molecule has 4 heteroatoms. The average Bonchev–Trinajstić information content (AvgIpc) is 2.82. The molecular formula is C13H17N3O. The first-order valence-electron chi connectivity index (χ1n) is 5.88. The van der Waals surface area contributed by atoms with Gasteiger partial charge in [-0.3, -0.25) is 4.79 Å². The number of nitrogens with one attached hydrogen (secondary N) is 3. The third kappa shape index (κ3) is 2.65. The number of carbonyl (C=O) groups excluding carboxylic acids is 1.